The molecule has 2 heterocycles. The van der Waals surface area contributed by atoms with Gasteiger partial charge in [-0.1, -0.05) is 0 Å². The maximum Gasteiger partial charge on any atom is 0.433 e. The number of carbonyl (C=O) groups is 1. The molecule has 0 spiro atoms. The summed E-state index contributed by atoms with van der Waals surface area (Å²) in [5.41, 5.74) is 4.13. The van der Waals surface area contributed by atoms with Crippen molar-refractivity contribution in [3.05, 3.63) is 47.9 Å². The van der Waals surface area contributed by atoms with Crippen molar-refractivity contribution in [2.45, 2.75) is 6.18 Å². The third kappa shape index (κ3) is 2.70. The van der Waals surface area contributed by atoms with E-state index in [4.69, 9.17) is 5.73 Å². The van der Waals surface area contributed by atoms with Gasteiger partial charge in [-0.2, -0.15) is 13.2 Å². The molecule has 19 heavy (non-hydrogen) atoms. The minimum Gasteiger partial charge on any atom is -0.366 e. The summed E-state index contributed by atoms with van der Waals surface area (Å²) in [5, 5.41) is 0. The largest absolute Gasteiger partial charge is 0.433 e. The van der Waals surface area contributed by atoms with E-state index in [1.54, 1.807) is 0 Å². The van der Waals surface area contributed by atoms with Gasteiger partial charge >= 0.3 is 6.18 Å². The first-order chi connectivity index (χ1) is 8.89. The summed E-state index contributed by atoms with van der Waals surface area (Å²) in [7, 11) is 0. The minimum atomic E-state index is -4.59. The van der Waals surface area contributed by atoms with Gasteiger partial charge in [0, 0.05) is 18.0 Å². The molecule has 0 fully saturated rings. The number of hydrogen-bond donors (Lipinski definition) is 1. The van der Waals surface area contributed by atoms with E-state index in [1.165, 1.54) is 24.5 Å². The molecule has 2 N–H and O–H groups in total. The zero-order valence-electron chi connectivity index (χ0n) is 9.48. The topological polar surface area (TPSA) is 68.9 Å². The third-order valence-electron chi connectivity index (χ3n) is 2.39. The quantitative estimate of drug-likeness (QED) is 0.907. The molecule has 7 heteroatoms. The van der Waals surface area contributed by atoms with Crippen LogP contribution < -0.4 is 5.73 Å². The molecule has 0 saturated carbocycles. The maximum absolute atomic E-state index is 12.6. The van der Waals surface area contributed by atoms with E-state index in [-0.39, 0.29) is 11.3 Å². The molecule has 0 radical (unpaired) electrons. The fraction of sp³-hybridized carbons (Fsp3) is 0.0833. The molecule has 0 unspecified atom stereocenters. The molecule has 0 aromatic carbocycles. The number of hydrogen-bond acceptors (Lipinski definition) is 3. The van der Waals surface area contributed by atoms with E-state index in [2.05, 4.69) is 9.97 Å². The second-order valence-corrected chi connectivity index (χ2v) is 3.70. The van der Waals surface area contributed by atoms with Crippen LogP contribution in [0.1, 0.15) is 16.1 Å². The third-order valence-corrected chi connectivity index (χ3v) is 2.39. The predicted molar refractivity (Wildman–Crippen MR) is 61.0 cm³/mol. The van der Waals surface area contributed by atoms with E-state index in [9.17, 15) is 18.0 Å². The Balaban J connectivity index is 2.65. The van der Waals surface area contributed by atoms with Crippen LogP contribution in [0.2, 0.25) is 0 Å². The second-order valence-electron chi connectivity index (χ2n) is 3.70. The number of rotatable bonds is 2. The van der Waals surface area contributed by atoms with Crippen LogP contribution in [0, 0.1) is 0 Å². The van der Waals surface area contributed by atoms with Crippen molar-refractivity contribution < 1.29 is 18.0 Å². The summed E-state index contributed by atoms with van der Waals surface area (Å²) in [5.74, 6) is -0.847. The number of amides is 1. The summed E-state index contributed by atoms with van der Waals surface area (Å²) in [6.07, 6.45) is -1.82. The molecule has 0 aliphatic carbocycles. The Morgan fingerprint density at radius 2 is 1.95 bits per heavy atom. The van der Waals surface area contributed by atoms with Crippen molar-refractivity contribution in [2.75, 3.05) is 0 Å². The van der Waals surface area contributed by atoms with Crippen molar-refractivity contribution in [3.8, 4) is 11.3 Å². The highest BCUT2D eigenvalue weighted by Gasteiger charge is 2.33. The molecular weight excluding hydrogens is 259 g/mol. The Morgan fingerprint density at radius 3 is 2.47 bits per heavy atom. The molecule has 2 rings (SSSR count). The monoisotopic (exact) mass is 267 g/mol. The molecule has 98 valence electrons. The van der Waals surface area contributed by atoms with Crippen molar-refractivity contribution in [1.82, 2.24) is 9.97 Å². The molecular formula is C12H8F3N3O. The number of halogens is 3. The lowest BCUT2D eigenvalue weighted by Gasteiger charge is -2.10. The first-order valence-electron chi connectivity index (χ1n) is 5.18. The van der Waals surface area contributed by atoms with Crippen LogP contribution in [0.25, 0.3) is 11.3 Å². The molecule has 0 aliphatic heterocycles. The molecule has 1 amide bonds. The van der Waals surface area contributed by atoms with Crippen LogP contribution in [0.3, 0.4) is 0 Å². The van der Waals surface area contributed by atoms with Gasteiger partial charge in [-0.05, 0) is 24.3 Å². The van der Waals surface area contributed by atoms with Crippen molar-refractivity contribution in [2.24, 2.45) is 5.73 Å². The van der Waals surface area contributed by atoms with Crippen LogP contribution in [0.5, 0.6) is 0 Å². The molecule has 0 saturated heterocycles. The summed E-state index contributed by atoms with van der Waals surface area (Å²) in [6.45, 7) is 0. The van der Waals surface area contributed by atoms with Gasteiger partial charge in [0.1, 0.15) is 5.69 Å². The first kappa shape index (κ1) is 13.0. The molecule has 2 aromatic heterocycles. The molecule has 2 aromatic rings. The van der Waals surface area contributed by atoms with Gasteiger partial charge in [0.15, 0.2) is 0 Å². The average Bonchev–Trinajstić information content (AvgIpc) is 2.38. The predicted octanol–water partition coefficient (Wildman–Crippen LogP) is 2.26. The van der Waals surface area contributed by atoms with Gasteiger partial charge in [0.05, 0.1) is 11.3 Å². The number of primary amides is 1. The molecule has 4 nitrogen and oxygen atoms in total. The molecule has 0 bridgehead atoms. The number of pyridine rings is 2. The Bertz CT molecular complexity index is 611. The number of nitrogens with zero attached hydrogens (tertiary/aromatic N) is 2. The van der Waals surface area contributed by atoms with Gasteiger partial charge in [-0.3, -0.25) is 9.78 Å². The Labute approximate surface area is 106 Å². The summed E-state index contributed by atoms with van der Waals surface area (Å²) >= 11 is 0. The highest BCUT2D eigenvalue weighted by molar-refractivity contribution is 5.98. The second kappa shape index (κ2) is 4.68. The van der Waals surface area contributed by atoms with Crippen LogP contribution in [0.4, 0.5) is 13.2 Å². The van der Waals surface area contributed by atoms with Crippen LogP contribution >= 0.6 is 0 Å². The molecule has 0 atom stereocenters. The lowest BCUT2D eigenvalue weighted by Crippen LogP contribution is -2.16. The Morgan fingerprint density at radius 1 is 1.21 bits per heavy atom. The van der Waals surface area contributed by atoms with Gasteiger partial charge in [-0.15, -0.1) is 0 Å². The number of nitrogens with two attached hydrogens (primary N) is 1. The Kier molecular flexibility index (Phi) is 3.20. The lowest BCUT2D eigenvalue weighted by molar-refractivity contribution is -0.141. The Hall–Kier alpha value is -2.44. The van der Waals surface area contributed by atoms with E-state index < -0.39 is 17.8 Å². The summed E-state index contributed by atoms with van der Waals surface area (Å²) in [6, 6.07) is 4.77. The van der Waals surface area contributed by atoms with Gasteiger partial charge in [0.2, 0.25) is 0 Å². The SMILES string of the molecule is NC(=O)c1ccc(C(F)(F)F)nc1-c1cccnc1. The highest BCUT2D eigenvalue weighted by atomic mass is 19.4. The van der Waals surface area contributed by atoms with Crippen LogP contribution in [-0.2, 0) is 6.18 Å². The zero-order chi connectivity index (χ0) is 14.0. The van der Waals surface area contributed by atoms with Gasteiger partial charge in [0.25, 0.3) is 5.91 Å². The lowest BCUT2D eigenvalue weighted by atomic mass is 10.1. The summed E-state index contributed by atoms with van der Waals surface area (Å²) in [4.78, 5) is 18.5. The van der Waals surface area contributed by atoms with Gasteiger partial charge < -0.3 is 5.73 Å². The average molecular weight is 267 g/mol. The van der Waals surface area contributed by atoms with Crippen molar-refractivity contribution >= 4 is 5.91 Å². The smallest absolute Gasteiger partial charge is 0.366 e. The van der Waals surface area contributed by atoms with Crippen LogP contribution in [0.15, 0.2) is 36.7 Å². The first-order valence-corrected chi connectivity index (χ1v) is 5.18. The number of carbonyl (C=O) groups excluding carboxylic acids is 1. The van der Waals surface area contributed by atoms with Crippen LogP contribution in [-0.4, -0.2) is 15.9 Å². The highest BCUT2D eigenvalue weighted by Crippen LogP contribution is 2.30. The zero-order valence-corrected chi connectivity index (χ0v) is 9.48. The number of alkyl halides is 3. The fourth-order valence-electron chi connectivity index (χ4n) is 1.54. The minimum absolute atomic E-state index is 0.0824. The normalized spacial score (nSPS) is 11.3. The fourth-order valence-corrected chi connectivity index (χ4v) is 1.54. The number of aromatic nitrogens is 2. The standard InChI is InChI=1S/C12H8F3N3O/c13-12(14,15)9-4-3-8(11(16)19)10(18-9)7-2-1-5-17-6-7/h1-6H,(H2,16,19). The van der Waals surface area contributed by atoms with Crippen molar-refractivity contribution in [3.63, 3.8) is 0 Å². The molecule has 0 aliphatic rings. The van der Waals surface area contributed by atoms with E-state index in [0.29, 0.717) is 5.56 Å². The van der Waals surface area contributed by atoms with Gasteiger partial charge in [-0.25, -0.2) is 4.98 Å². The van der Waals surface area contributed by atoms with E-state index in [0.717, 1.165) is 12.1 Å². The summed E-state index contributed by atoms with van der Waals surface area (Å²) < 4.78 is 37.9. The van der Waals surface area contributed by atoms with E-state index >= 15 is 0 Å². The maximum atomic E-state index is 12.6. The van der Waals surface area contributed by atoms with E-state index in [1.807, 2.05) is 0 Å². The van der Waals surface area contributed by atoms with Crippen molar-refractivity contribution in [1.29, 1.82) is 0 Å².